The summed E-state index contributed by atoms with van der Waals surface area (Å²) in [7, 11) is 0. The van der Waals surface area contributed by atoms with Gasteiger partial charge in [0.05, 0.1) is 16.7 Å². The molecule has 0 fully saturated rings. The number of thiophene rings is 1. The zero-order valence-corrected chi connectivity index (χ0v) is 15.5. The van der Waals surface area contributed by atoms with Gasteiger partial charge in [0.15, 0.2) is 0 Å². The molecule has 0 saturated carbocycles. The number of hydrogen-bond donors (Lipinski definition) is 1. The second kappa shape index (κ2) is 7.38. The molecule has 0 aliphatic rings. The largest absolute Gasteiger partial charge is 0.343 e. The van der Waals surface area contributed by atoms with Gasteiger partial charge in [-0.2, -0.15) is 0 Å². The van der Waals surface area contributed by atoms with Crippen LogP contribution < -0.4 is 5.32 Å². The third-order valence-corrected chi connectivity index (χ3v) is 5.57. The van der Waals surface area contributed by atoms with E-state index < -0.39 is 0 Å². The van der Waals surface area contributed by atoms with E-state index in [0.29, 0.717) is 11.8 Å². The van der Waals surface area contributed by atoms with Crippen LogP contribution in [0, 0.1) is 18.8 Å². The van der Waals surface area contributed by atoms with Crippen molar-refractivity contribution in [1.82, 2.24) is 10.3 Å². The second-order valence-corrected chi connectivity index (χ2v) is 8.39. The Hall–Kier alpha value is -1.20. The molecule has 0 radical (unpaired) electrons. The Kier molecular flexibility index (Phi) is 5.75. The SMILES string of the molecule is Cc1nc(CC(C)C)sc1C(=O)NC(c1cccs1)C(C)C. The van der Waals surface area contributed by atoms with E-state index in [1.807, 2.05) is 13.0 Å². The lowest BCUT2D eigenvalue weighted by Gasteiger charge is -2.21. The van der Waals surface area contributed by atoms with Gasteiger partial charge in [-0.25, -0.2) is 4.98 Å². The van der Waals surface area contributed by atoms with E-state index in [1.54, 1.807) is 11.3 Å². The predicted molar refractivity (Wildman–Crippen MR) is 94.8 cm³/mol. The Morgan fingerprint density at radius 2 is 2.05 bits per heavy atom. The lowest BCUT2D eigenvalue weighted by atomic mass is 10.0. The Balaban J connectivity index is 2.15. The van der Waals surface area contributed by atoms with E-state index in [9.17, 15) is 4.79 Å². The summed E-state index contributed by atoms with van der Waals surface area (Å²) in [6.07, 6.45) is 0.928. The van der Waals surface area contributed by atoms with Crippen LogP contribution in [0.3, 0.4) is 0 Å². The first-order chi connectivity index (χ1) is 10.4. The van der Waals surface area contributed by atoms with Crippen LogP contribution in [0.25, 0.3) is 0 Å². The highest BCUT2D eigenvalue weighted by molar-refractivity contribution is 7.13. The number of thiazole rings is 1. The first-order valence-corrected chi connectivity index (χ1v) is 9.38. The highest BCUT2D eigenvalue weighted by atomic mass is 32.1. The molecule has 2 aromatic rings. The van der Waals surface area contributed by atoms with Crippen molar-refractivity contribution in [1.29, 1.82) is 0 Å². The van der Waals surface area contributed by atoms with Gasteiger partial charge in [-0.3, -0.25) is 4.79 Å². The van der Waals surface area contributed by atoms with Gasteiger partial charge in [-0.05, 0) is 30.2 Å². The first kappa shape index (κ1) is 17.2. The average molecular weight is 337 g/mol. The molecule has 3 nitrogen and oxygen atoms in total. The third-order valence-electron chi connectivity index (χ3n) is 3.43. The molecular formula is C17H24N2OS2. The van der Waals surface area contributed by atoms with Crippen molar-refractivity contribution in [2.24, 2.45) is 11.8 Å². The number of carbonyl (C=O) groups excluding carboxylic acids is 1. The summed E-state index contributed by atoms with van der Waals surface area (Å²) in [5, 5.41) is 6.29. The van der Waals surface area contributed by atoms with E-state index in [4.69, 9.17) is 0 Å². The molecule has 1 N–H and O–H groups in total. The van der Waals surface area contributed by atoms with Gasteiger partial charge >= 0.3 is 0 Å². The van der Waals surface area contributed by atoms with Crippen molar-refractivity contribution < 1.29 is 4.79 Å². The molecule has 2 rings (SSSR count). The monoisotopic (exact) mass is 336 g/mol. The van der Waals surface area contributed by atoms with Crippen molar-refractivity contribution in [3.8, 4) is 0 Å². The lowest BCUT2D eigenvalue weighted by molar-refractivity contribution is 0.0930. The number of nitrogens with one attached hydrogen (secondary N) is 1. The van der Waals surface area contributed by atoms with Crippen LogP contribution >= 0.6 is 22.7 Å². The number of rotatable bonds is 6. The van der Waals surface area contributed by atoms with Gasteiger partial charge < -0.3 is 5.32 Å². The summed E-state index contributed by atoms with van der Waals surface area (Å²) in [5.74, 6) is 0.902. The minimum Gasteiger partial charge on any atom is -0.343 e. The standard InChI is InChI=1S/C17H24N2OS2/c1-10(2)9-14-18-12(5)16(22-14)17(20)19-15(11(3)4)13-7-6-8-21-13/h6-8,10-11,15H,9H2,1-5H3,(H,19,20). The molecule has 22 heavy (non-hydrogen) atoms. The van der Waals surface area contributed by atoms with Crippen LogP contribution in [-0.2, 0) is 6.42 Å². The maximum Gasteiger partial charge on any atom is 0.263 e. The van der Waals surface area contributed by atoms with E-state index in [2.05, 4.69) is 49.4 Å². The van der Waals surface area contributed by atoms with Crippen LogP contribution in [0.4, 0.5) is 0 Å². The minimum atomic E-state index is -0.00268. The Labute approximate surface area is 140 Å². The molecular weight excluding hydrogens is 312 g/mol. The maximum absolute atomic E-state index is 12.6. The van der Waals surface area contributed by atoms with Crippen LogP contribution in [0.1, 0.15) is 59.0 Å². The molecule has 2 heterocycles. The highest BCUT2D eigenvalue weighted by Gasteiger charge is 2.23. The topological polar surface area (TPSA) is 42.0 Å². The Bertz CT molecular complexity index is 615. The molecule has 0 spiro atoms. The fourth-order valence-electron chi connectivity index (χ4n) is 2.34. The van der Waals surface area contributed by atoms with E-state index >= 15 is 0 Å². The molecule has 1 amide bonds. The summed E-state index contributed by atoms with van der Waals surface area (Å²) < 4.78 is 0. The first-order valence-electron chi connectivity index (χ1n) is 7.69. The highest BCUT2D eigenvalue weighted by Crippen LogP contribution is 2.27. The molecule has 2 aromatic heterocycles. The van der Waals surface area contributed by atoms with E-state index in [1.165, 1.54) is 16.2 Å². The molecule has 0 aliphatic heterocycles. The summed E-state index contributed by atoms with van der Waals surface area (Å²) >= 11 is 3.21. The fraction of sp³-hybridized carbons (Fsp3) is 0.529. The van der Waals surface area contributed by atoms with Gasteiger partial charge in [0.25, 0.3) is 5.91 Å². The number of nitrogens with zero attached hydrogens (tertiary/aromatic N) is 1. The molecule has 1 atom stereocenters. The van der Waals surface area contributed by atoms with Gasteiger partial charge in [-0.1, -0.05) is 33.8 Å². The number of hydrogen-bond acceptors (Lipinski definition) is 4. The fourth-order valence-corrected chi connectivity index (χ4v) is 4.47. The molecule has 1 unspecified atom stereocenters. The summed E-state index contributed by atoms with van der Waals surface area (Å²) in [4.78, 5) is 19.1. The number of aromatic nitrogens is 1. The minimum absolute atomic E-state index is 0.00268. The van der Waals surface area contributed by atoms with E-state index in [-0.39, 0.29) is 11.9 Å². The van der Waals surface area contributed by atoms with Crippen LogP contribution in [0.15, 0.2) is 17.5 Å². The number of aryl methyl sites for hydroxylation is 1. The Morgan fingerprint density at radius 3 is 2.59 bits per heavy atom. The molecule has 120 valence electrons. The van der Waals surface area contributed by atoms with Crippen LogP contribution in [0.2, 0.25) is 0 Å². The molecule has 0 saturated heterocycles. The molecule has 0 aromatic carbocycles. The second-order valence-electron chi connectivity index (χ2n) is 6.33. The van der Waals surface area contributed by atoms with Crippen molar-refractivity contribution in [2.75, 3.05) is 0 Å². The summed E-state index contributed by atoms with van der Waals surface area (Å²) in [5.41, 5.74) is 0.840. The summed E-state index contributed by atoms with van der Waals surface area (Å²) in [6.45, 7) is 10.5. The zero-order valence-electron chi connectivity index (χ0n) is 13.8. The predicted octanol–water partition coefficient (Wildman–Crippen LogP) is 4.84. The number of amides is 1. The van der Waals surface area contributed by atoms with Crippen LogP contribution in [-0.4, -0.2) is 10.9 Å². The van der Waals surface area contributed by atoms with Gasteiger partial charge in [-0.15, -0.1) is 22.7 Å². The quantitative estimate of drug-likeness (QED) is 0.820. The van der Waals surface area contributed by atoms with Crippen LogP contribution in [0.5, 0.6) is 0 Å². The molecule has 0 bridgehead atoms. The van der Waals surface area contributed by atoms with Crippen molar-refractivity contribution in [2.45, 2.75) is 47.1 Å². The zero-order chi connectivity index (χ0) is 16.3. The number of carbonyl (C=O) groups is 1. The summed E-state index contributed by atoms with van der Waals surface area (Å²) in [6, 6.07) is 4.17. The lowest BCUT2D eigenvalue weighted by Crippen LogP contribution is -2.31. The normalized spacial score (nSPS) is 12.9. The Morgan fingerprint density at radius 1 is 1.32 bits per heavy atom. The van der Waals surface area contributed by atoms with Gasteiger partial charge in [0.1, 0.15) is 4.88 Å². The van der Waals surface area contributed by atoms with Crippen molar-refractivity contribution in [3.05, 3.63) is 38.0 Å². The smallest absolute Gasteiger partial charge is 0.263 e. The van der Waals surface area contributed by atoms with Gasteiger partial charge in [0.2, 0.25) is 0 Å². The van der Waals surface area contributed by atoms with E-state index in [0.717, 1.165) is 22.0 Å². The molecule has 5 heteroatoms. The average Bonchev–Trinajstić information content (AvgIpc) is 3.04. The third kappa shape index (κ3) is 4.17. The van der Waals surface area contributed by atoms with Crippen molar-refractivity contribution >= 4 is 28.6 Å². The van der Waals surface area contributed by atoms with Crippen molar-refractivity contribution in [3.63, 3.8) is 0 Å². The van der Waals surface area contributed by atoms with Gasteiger partial charge in [0, 0.05) is 11.3 Å². The maximum atomic E-state index is 12.6. The molecule has 0 aliphatic carbocycles.